The van der Waals surface area contributed by atoms with Crippen molar-refractivity contribution in [3.05, 3.63) is 65.7 Å². The van der Waals surface area contributed by atoms with Gasteiger partial charge in [0.05, 0.1) is 4.90 Å². The lowest BCUT2D eigenvalue weighted by Crippen LogP contribution is -2.35. The van der Waals surface area contributed by atoms with Gasteiger partial charge in [-0.05, 0) is 42.7 Å². The Balaban J connectivity index is 1.36. The third-order valence-electron chi connectivity index (χ3n) is 4.90. The highest BCUT2D eigenvalue weighted by atomic mass is 32.2. The average Bonchev–Trinajstić information content (AvgIpc) is 3.26. The number of nitrogens with one attached hydrogen (secondary N) is 1. The monoisotopic (exact) mass is 474 g/mol. The number of hydrogen-bond acceptors (Lipinski definition) is 7. The maximum atomic E-state index is 12.7. The molecule has 0 radical (unpaired) electrons. The second-order valence-corrected chi connectivity index (χ2v) is 11.2. The van der Waals surface area contributed by atoms with Crippen LogP contribution >= 0.6 is 23.1 Å². The van der Waals surface area contributed by atoms with Crippen LogP contribution < -0.4 is 5.32 Å². The van der Waals surface area contributed by atoms with E-state index in [2.05, 4.69) is 15.5 Å². The SMILES string of the molecule is O=C(Nc1nnc(SCc2ccccc2)s1)c1ccc(S(=O)(=O)N2CCCCC2)cc1. The number of rotatable bonds is 7. The highest BCUT2D eigenvalue weighted by Crippen LogP contribution is 2.28. The Bertz CT molecular complexity index is 1130. The van der Waals surface area contributed by atoms with Gasteiger partial charge in [0, 0.05) is 24.4 Å². The molecule has 1 aliphatic heterocycles. The maximum Gasteiger partial charge on any atom is 0.257 e. The Morgan fingerprint density at radius 2 is 1.71 bits per heavy atom. The van der Waals surface area contributed by atoms with Gasteiger partial charge in [-0.15, -0.1) is 10.2 Å². The molecule has 162 valence electrons. The summed E-state index contributed by atoms with van der Waals surface area (Å²) in [5.41, 5.74) is 1.55. The Morgan fingerprint density at radius 1 is 1.00 bits per heavy atom. The number of piperidine rings is 1. The summed E-state index contributed by atoms with van der Waals surface area (Å²) < 4.78 is 27.7. The van der Waals surface area contributed by atoms with Crippen molar-refractivity contribution in [2.24, 2.45) is 0 Å². The Hall–Kier alpha value is -2.27. The first kappa shape index (κ1) is 21.9. The molecule has 0 bridgehead atoms. The quantitative estimate of drug-likeness (QED) is 0.406. The molecule has 3 aromatic rings. The predicted octanol–water partition coefficient (Wildman–Crippen LogP) is 4.26. The van der Waals surface area contributed by atoms with Gasteiger partial charge in [0.1, 0.15) is 0 Å². The Kier molecular flexibility index (Phi) is 7.01. The fraction of sp³-hybridized carbons (Fsp3) is 0.286. The number of hydrogen-bond donors (Lipinski definition) is 1. The molecule has 0 atom stereocenters. The van der Waals surface area contributed by atoms with Crippen molar-refractivity contribution in [2.75, 3.05) is 18.4 Å². The summed E-state index contributed by atoms with van der Waals surface area (Å²) in [7, 11) is -3.51. The molecule has 4 rings (SSSR count). The van der Waals surface area contributed by atoms with Crippen LogP contribution in [0.1, 0.15) is 35.2 Å². The minimum atomic E-state index is -3.51. The lowest BCUT2D eigenvalue weighted by molar-refractivity contribution is 0.102. The van der Waals surface area contributed by atoms with Crippen LogP contribution in [0.4, 0.5) is 5.13 Å². The summed E-state index contributed by atoms with van der Waals surface area (Å²) in [5, 5.41) is 11.3. The molecular formula is C21H22N4O3S3. The topological polar surface area (TPSA) is 92.3 Å². The van der Waals surface area contributed by atoms with Crippen molar-refractivity contribution in [1.82, 2.24) is 14.5 Å². The van der Waals surface area contributed by atoms with Gasteiger partial charge in [0.15, 0.2) is 4.34 Å². The number of thioether (sulfide) groups is 1. The van der Waals surface area contributed by atoms with Crippen molar-refractivity contribution in [3.8, 4) is 0 Å². The van der Waals surface area contributed by atoms with Gasteiger partial charge in [0.2, 0.25) is 15.2 Å². The second kappa shape index (κ2) is 9.90. The number of carbonyl (C=O) groups excluding carboxylic acids is 1. The van der Waals surface area contributed by atoms with E-state index in [-0.39, 0.29) is 10.8 Å². The zero-order valence-electron chi connectivity index (χ0n) is 16.7. The van der Waals surface area contributed by atoms with E-state index in [1.54, 1.807) is 11.8 Å². The van der Waals surface area contributed by atoms with Gasteiger partial charge in [-0.2, -0.15) is 4.31 Å². The van der Waals surface area contributed by atoms with E-state index >= 15 is 0 Å². The van der Waals surface area contributed by atoms with Crippen molar-refractivity contribution in [2.45, 2.75) is 34.3 Å². The number of benzene rings is 2. The molecule has 2 aromatic carbocycles. The molecule has 2 heterocycles. The minimum Gasteiger partial charge on any atom is -0.296 e. The van der Waals surface area contributed by atoms with Gasteiger partial charge in [-0.1, -0.05) is 59.9 Å². The molecule has 10 heteroatoms. The van der Waals surface area contributed by atoms with E-state index in [9.17, 15) is 13.2 Å². The third-order valence-corrected chi connectivity index (χ3v) is 8.86. The molecule has 1 aromatic heterocycles. The van der Waals surface area contributed by atoms with E-state index in [1.807, 2.05) is 30.3 Å². The summed E-state index contributed by atoms with van der Waals surface area (Å²) in [5.74, 6) is 0.425. The lowest BCUT2D eigenvalue weighted by atomic mass is 10.2. The Morgan fingerprint density at radius 3 is 2.42 bits per heavy atom. The largest absolute Gasteiger partial charge is 0.296 e. The van der Waals surface area contributed by atoms with Gasteiger partial charge < -0.3 is 0 Å². The average molecular weight is 475 g/mol. The first-order valence-corrected chi connectivity index (χ1v) is 13.2. The van der Waals surface area contributed by atoms with E-state index in [4.69, 9.17) is 0 Å². The number of sulfonamides is 1. The highest BCUT2D eigenvalue weighted by Gasteiger charge is 2.26. The van der Waals surface area contributed by atoms with Crippen LogP contribution in [0.2, 0.25) is 0 Å². The zero-order chi connectivity index (χ0) is 21.7. The normalized spacial score (nSPS) is 15.0. The fourth-order valence-electron chi connectivity index (χ4n) is 3.24. The first-order chi connectivity index (χ1) is 15.0. The summed E-state index contributed by atoms with van der Waals surface area (Å²) >= 11 is 2.87. The second-order valence-electron chi connectivity index (χ2n) is 7.09. The van der Waals surface area contributed by atoms with Crippen LogP contribution in [-0.4, -0.2) is 41.9 Å². The highest BCUT2D eigenvalue weighted by molar-refractivity contribution is 8.00. The van der Waals surface area contributed by atoms with Crippen LogP contribution in [-0.2, 0) is 15.8 Å². The van der Waals surface area contributed by atoms with E-state index in [0.717, 1.165) is 29.4 Å². The Labute approximate surface area is 189 Å². The van der Waals surface area contributed by atoms with Crippen LogP contribution in [0.3, 0.4) is 0 Å². The molecule has 1 saturated heterocycles. The van der Waals surface area contributed by atoms with E-state index in [0.29, 0.717) is 23.8 Å². The molecular weight excluding hydrogens is 452 g/mol. The molecule has 0 unspecified atom stereocenters. The number of nitrogens with zero attached hydrogens (tertiary/aromatic N) is 3. The number of carbonyl (C=O) groups is 1. The molecule has 0 aliphatic carbocycles. The van der Waals surface area contributed by atoms with Crippen LogP contribution in [0.25, 0.3) is 0 Å². The standard InChI is InChI=1S/C21H22N4O3S3/c26-19(22-20-23-24-21(30-20)29-15-16-7-3-1-4-8-16)17-9-11-18(12-10-17)31(27,28)25-13-5-2-6-14-25/h1,3-4,7-12H,2,5-6,13-15H2,(H,22,23,26). The van der Waals surface area contributed by atoms with Gasteiger partial charge in [0.25, 0.3) is 5.91 Å². The van der Waals surface area contributed by atoms with Crippen molar-refractivity contribution in [3.63, 3.8) is 0 Å². The minimum absolute atomic E-state index is 0.210. The zero-order valence-corrected chi connectivity index (χ0v) is 19.2. The molecule has 1 aliphatic rings. The van der Waals surface area contributed by atoms with Gasteiger partial charge in [-0.3, -0.25) is 10.1 Å². The van der Waals surface area contributed by atoms with Crippen LogP contribution in [0, 0.1) is 0 Å². The van der Waals surface area contributed by atoms with Crippen molar-refractivity contribution >= 4 is 44.2 Å². The summed E-state index contributed by atoms with van der Waals surface area (Å²) in [6, 6.07) is 16.1. The molecule has 1 amide bonds. The lowest BCUT2D eigenvalue weighted by Gasteiger charge is -2.25. The summed E-state index contributed by atoms with van der Waals surface area (Å²) in [6.45, 7) is 1.10. The van der Waals surface area contributed by atoms with Crippen LogP contribution in [0.5, 0.6) is 0 Å². The number of aromatic nitrogens is 2. The molecule has 0 saturated carbocycles. The molecule has 1 N–H and O–H groups in total. The maximum absolute atomic E-state index is 12.7. The summed E-state index contributed by atoms with van der Waals surface area (Å²) in [6.07, 6.45) is 2.82. The first-order valence-electron chi connectivity index (χ1n) is 9.94. The predicted molar refractivity (Wildman–Crippen MR) is 123 cm³/mol. The summed E-state index contributed by atoms with van der Waals surface area (Å²) in [4.78, 5) is 12.7. The van der Waals surface area contributed by atoms with Crippen molar-refractivity contribution < 1.29 is 13.2 Å². The fourth-order valence-corrected chi connectivity index (χ4v) is 6.46. The number of amides is 1. The van der Waals surface area contributed by atoms with Crippen molar-refractivity contribution in [1.29, 1.82) is 0 Å². The molecule has 7 nitrogen and oxygen atoms in total. The third kappa shape index (κ3) is 5.51. The van der Waals surface area contributed by atoms with Crippen LogP contribution in [0.15, 0.2) is 63.8 Å². The number of anilines is 1. The van der Waals surface area contributed by atoms with Gasteiger partial charge in [-0.25, -0.2) is 8.42 Å². The van der Waals surface area contributed by atoms with E-state index in [1.165, 1.54) is 45.5 Å². The van der Waals surface area contributed by atoms with E-state index < -0.39 is 10.0 Å². The van der Waals surface area contributed by atoms with Gasteiger partial charge >= 0.3 is 0 Å². The smallest absolute Gasteiger partial charge is 0.257 e. The molecule has 31 heavy (non-hydrogen) atoms. The molecule has 1 fully saturated rings. The molecule has 0 spiro atoms.